The number of sulfonamides is 1. The van der Waals surface area contributed by atoms with Crippen LogP contribution in [0.4, 0.5) is 0 Å². The van der Waals surface area contributed by atoms with Gasteiger partial charge in [-0.05, 0) is 24.4 Å². The SMILES string of the molecule is CCn1cnnc1CNS(=O)(=O)c1cnc2sccc2c1. The Kier molecular flexibility index (Phi) is 3.70. The molecule has 1 N–H and O–H groups in total. The van der Waals surface area contributed by atoms with Gasteiger partial charge in [0.15, 0.2) is 0 Å². The summed E-state index contributed by atoms with van der Waals surface area (Å²) in [5.41, 5.74) is 0. The fraction of sp³-hybridized carbons (Fsp3) is 0.250. The normalized spacial score (nSPS) is 12.0. The fourth-order valence-corrected chi connectivity index (χ4v) is 3.59. The molecule has 0 aromatic carbocycles. The van der Waals surface area contributed by atoms with Gasteiger partial charge in [-0.1, -0.05) is 0 Å². The van der Waals surface area contributed by atoms with Crippen LogP contribution in [-0.4, -0.2) is 28.2 Å². The standard InChI is InChI=1S/C12H13N5O2S2/c1-2-17-8-14-16-11(17)7-15-21(18,19)10-5-9-3-4-20-12(9)13-6-10/h3-6,8,15H,2,7H2,1H3. The monoisotopic (exact) mass is 323 g/mol. The summed E-state index contributed by atoms with van der Waals surface area (Å²) in [6, 6.07) is 3.46. The largest absolute Gasteiger partial charge is 0.317 e. The van der Waals surface area contributed by atoms with Crippen LogP contribution in [0.2, 0.25) is 0 Å². The molecule has 0 amide bonds. The molecule has 0 aliphatic heterocycles. The number of pyridine rings is 1. The maximum atomic E-state index is 12.3. The van der Waals surface area contributed by atoms with Gasteiger partial charge in [0.2, 0.25) is 10.0 Å². The van der Waals surface area contributed by atoms with E-state index in [1.165, 1.54) is 17.5 Å². The Hall–Kier alpha value is -1.84. The molecule has 3 heterocycles. The van der Waals surface area contributed by atoms with Gasteiger partial charge in [0.1, 0.15) is 21.9 Å². The maximum absolute atomic E-state index is 12.3. The van der Waals surface area contributed by atoms with Crippen molar-refractivity contribution in [3.63, 3.8) is 0 Å². The number of aromatic nitrogens is 4. The molecule has 110 valence electrons. The van der Waals surface area contributed by atoms with Gasteiger partial charge in [0.25, 0.3) is 0 Å². The first-order valence-electron chi connectivity index (χ1n) is 6.30. The number of nitrogens with one attached hydrogen (secondary N) is 1. The summed E-state index contributed by atoms with van der Waals surface area (Å²) in [6.45, 7) is 2.72. The summed E-state index contributed by atoms with van der Waals surface area (Å²) >= 11 is 1.48. The average molecular weight is 323 g/mol. The van der Waals surface area contributed by atoms with Gasteiger partial charge in [-0.15, -0.1) is 21.5 Å². The van der Waals surface area contributed by atoms with Crippen LogP contribution >= 0.6 is 11.3 Å². The Balaban J connectivity index is 1.83. The summed E-state index contributed by atoms with van der Waals surface area (Å²) in [5.74, 6) is 0.575. The Labute approximate surface area is 125 Å². The summed E-state index contributed by atoms with van der Waals surface area (Å²) < 4.78 is 28.9. The van der Waals surface area contributed by atoms with E-state index >= 15 is 0 Å². The summed E-state index contributed by atoms with van der Waals surface area (Å²) in [4.78, 5) is 5.12. The molecule has 0 bridgehead atoms. The number of thiophene rings is 1. The second kappa shape index (κ2) is 5.51. The molecule has 0 unspecified atom stereocenters. The lowest BCUT2D eigenvalue weighted by Crippen LogP contribution is -2.25. The number of hydrogen-bond donors (Lipinski definition) is 1. The molecule has 0 atom stereocenters. The van der Waals surface area contributed by atoms with Crippen LogP contribution in [0.25, 0.3) is 10.2 Å². The molecule has 3 aromatic heterocycles. The van der Waals surface area contributed by atoms with Crippen molar-refractivity contribution in [2.24, 2.45) is 0 Å². The smallest absolute Gasteiger partial charge is 0.242 e. The minimum atomic E-state index is -3.62. The molecule has 0 saturated carbocycles. The second-order valence-electron chi connectivity index (χ2n) is 4.34. The van der Waals surface area contributed by atoms with Crippen LogP contribution in [-0.2, 0) is 23.1 Å². The molecule has 9 heteroatoms. The molecule has 0 aliphatic rings. The van der Waals surface area contributed by atoms with Crippen LogP contribution in [0, 0.1) is 0 Å². The zero-order chi connectivity index (χ0) is 14.9. The van der Waals surface area contributed by atoms with Crippen LogP contribution in [0.1, 0.15) is 12.7 Å². The molecule has 3 rings (SSSR count). The van der Waals surface area contributed by atoms with Crippen molar-refractivity contribution in [3.8, 4) is 0 Å². The Morgan fingerprint density at radius 2 is 2.29 bits per heavy atom. The number of rotatable bonds is 5. The maximum Gasteiger partial charge on any atom is 0.242 e. The minimum Gasteiger partial charge on any atom is -0.317 e. The quantitative estimate of drug-likeness (QED) is 0.766. The zero-order valence-corrected chi connectivity index (χ0v) is 12.9. The van der Waals surface area contributed by atoms with Crippen molar-refractivity contribution in [2.75, 3.05) is 0 Å². The first kappa shape index (κ1) is 14.1. The van der Waals surface area contributed by atoms with E-state index in [0.717, 1.165) is 10.2 Å². The van der Waals surface area contributed by atoms with Crippen LogP contribution in [0.5, 0.6) is 0 Å². The lowest BCUT2D eigenvalue weighted by molar-refractivity contribution is 0.575. The molecule has 0 fully saturated rings. The van der Waals surface area contributed by atoms with Gasteiger partial charge in [-0.3, -0.25) is 0 Å². The summed E-state index contributed by atoms with van der Waals surface area (Å²) in [6.07, 6.45) is 2.94. The highest BCUT2D eigenvalue weighted by atomic mass is 32.2. The van der Waals surface area contributed by atoms with E-state index in [0.29, 0.717) is 12.4 Å². The van der Waals surface area contributed by atoms with Crippen LogP contribution < -0.4 is 4.72 Å². The first-order chi connectivity index (χ1) is 10.1. The Bertz CT molecular complexity index is 869. The third-order valence-electron chi connectivity index (χ3n) is 3.05. The lowest BCUT2D eigenvalue weighted by Gasteiger charge is -2.07. The molecular weight excluding hydrogens is 310 g/mol. The van der Waals surface area contributed by atoms with E-state index in [1.54, 1.807) is 17.0 Å². The molecule has 0 aliphatic carbocycles. The highest BCUT2D eigenvalue weighted by Gasteiger charge is 2.16. The van der Waals surface area contributed by atoms with Crippen LogP contribution in [0.15, 0.2) is 34.9 Å². The number of hydrogen-bond acceptors (Lipinski definition) is 6. The lowest BCUT2D eigenvalue weighted by atomic mass is 10.3. The molecule has 0 spiro atoms. The molecule has 21 heavy (non-hydrogen) atoms. The van der Waals surface area contributed by atoms with Crippen molar-refractivity contribution in [1.29, 1.82) is 0 Å². The highest BCUT2D eigenvalue weighted by molar-refractivity contribution is 7.89. The van der Waals surface area contributed by atoms with Crippen molar-refractivity contribution < 1.29 is 8.42 Å². The van der Waals surface area contributed by atoms with Gasteiger partial charge in [0.05, 0.1) is 6.54 Å². The average Bonchev–Trinajstić information content (AvgIpc) is 3.12. The Morgan fingerprint density at radius 3 is 3.10 bits per heavy atom. The molecule has 0 radical (unpaired) electrons. The van der Waals surface area contributed by atoms with Crippen LogP contribution in [0.3, 0.4) is 0 Å². The van der Waals surface area contributed by atoms with E-state index in [1.807, 2.05) is 18.4 Å². The van der Waals surface area contributed by atoms with E-state index in [9.17, 15) is 8.42 Å². The van der Waals surface area contributed by atoms with Crippen molar-refractivity contribution in [3.05, 3.63) is 35.9 Å². The topological polar surface area (TPSA) is 89.8 Å². The Morgan fingerprint density at radius 1 is 1.43 bits per heavy atom. The predicted octanol–water partition coefficient (Wildman–Crippen LogP) is 1.39. The predicted molar refractivity (Wildman–Crippen MR) is 79.3 cm³/mol. The third kappa shape index (κ3) is 2.80. The van der Waals surface area contributed by atoms with E-state index in [2.05, 4.69) is 19.9 Å². The highest BCUT2D eigenvalue weighted by Crippen LogP contribution is 2.21. The van der Waals surface area contributed by atoms with Gasteiger partial charge >= 0.3 is 0 Å². The summed E-state index contributed by atoms with van der Waals surface area (Å²) in [5, 5.41) is 10.4. The van der Waals surface area contributed by atoms with Crippen molar-refractivity contribution in [2.45, 2.75) is 24.9 Å². The first-order valence-corrected chi connectivity index (χ1v) is 8.66. The van der Waals surface area contributed by atoms with Crippen molar-refractivity contribution >= 4 is 31.6 Å². The molecule has 0 saturated heterocycles. The van der Waals surface area contributed by atoms with E-state index in [4.69, 9.17) is 0 Å². The van der Waals surface area contributed by atoms with Crippen molar-refractivity contribution in [1.82, 2.24) is 24.5 Å². The molecule has 3 aromatic rings. The van der Waals surface area contributed by atoms with Gasteiger partial charge in [-0.2, -0.15) is 0 Å². The van der Waals surface area contributed by atoms with Gasteiger partial charge in [0, 0.05) is 18.1 Å². The van der Waals surface area contributed by atoms with Gasteiger partial charge in [-0.25, -0.2) is 18.1 Å². The van der Waals surface area contributed by atoms with Gasteiger partial charge < -0.3 is 4.57 Å². The molecule has 7 nitrogen and oxygen atoms in total. The fourth-order valence-electron chi connectivity index (χ4n) is 1.91. The number of fused-ring (bicyclic) bond motifs is 1. The second-order valence-corrected chi connectivity index (χ2v) is 7.01. The zero-order valence-electron chi connectivity index (χ0n) is 11.2. The number of nitrogens with zero attached hydrogens (tertiary/aromatic N) is 4. The minimum absolute atomic E-state index is 0.0951. The van der Waals surface area contributed by atoms with E-state index < -0.39 is 10.0 Å². The summed E-state index contributed by atoms with van der Waals surface area (Å²) in [7, 11) is -3.62. The third-order valence-corrected chi connectivity index (χ3v) is 5.25. The number of aryl methyl sites for hydroxylation is 1. The van der Waals surface area contributed by atoms with E-state index in [-0.39, 0.29) is 11.4 Å². The molecular formula is C12H13N5O2S2.